The van der Waals surface area contributed by atoms with Crippen molar-refractivity contribution in [2.75, 3.05) is 0 Å². The maximum absolute atomic E-state index is 5.04. The predicted octanol–water partition coefficient (Wildman–Crippen LogP) is 8.21. The van der Waals surface area contributed by atoms with Crippen LogP contribution in [0.25, 0.3) is 55.9 Å². The molecular weight excluding hydrogens is 438 g/mol. The van der Waals surface area contributed by atoms with Crippen LogP contribution in [0.3, 0.4) is 0 Å². The van der Waals surface area contributed by atoms with Gasteiger partial charge in [0, 0.05) is 47.0 Å². The molecule has 3 heterocycles. The van der Waals surface area contributed by atoms with Gasteiger partial charge in [0.05, 0.1) is 11.4 Å². The van der Waals surface area contributed by atoms with E-state index in [0.717, 1.165) is 55.9 Å². The van der Waals surface area contributed by atoms with Gasteiger partial charge in [-0.25, -0.2) is 4.98 Å². The van der Waals surface area contributed by atoms with Crippen LogP contribution in [0.2, 0.25) is 0 Å². The molecule has 0 aliphatic rings. The number of pyridine rings is 3. The third-order valence-corrected chi connectivity index (χ3v) is 6.22. The third-order valence-electron chi connectivity index (χ3n) is 6.22. The molecule has 0 amide bonds. The van der Waals surface area contributed by atoms with Crippen molar-refractivity contribution in [3.8, 4) is 55.9 Å². The molecule has 0 bridgehead atoms. The van der Waals surface area contributed by atoms with Crippen LogP contribution in [0.15, 0.2) is 140 Å². The monoisotopic (exact) mass is 461 g/mol. The topological polar surface area (TPSA) is 38.7 Å². The van der Waals surface area contributed by atoms with E-state index in [-0.39, 0.29) is 0 Å². The van der Waals surface area contributed by atoms with Crippen LogP contribution in [0.1, 0.15) is 0 Å². The average Bonchev–Trinajstić information content (AvgIpc) is 2.98. The summed E-state index contributed by atoms with van der Waals surface area (Å²) in [7, 11) is 0. The van der Waals surface area contributed by atoms with E-state index in [0.29, 0.717) is 0 Å². The van der Waals surface area contributed by atoms with E-state index < -0.39 is 0 Å². The van der Waals surface area contributed by atoms with E-state index in [1.165, 1.54) is 0 Å². The Labute approximate surface area is 210 Å². The summed E-state index contributed by atoms with van der Waals surface area (Å²) in [4.78, 5) is 13.7. The SMILES string of the molecule is c1ccc(-c2cc(-c3cc(-c4cccnc4)cc(-c4cccnc4)c3)cc(-c3ccccc3)n2)cc1. The molecule has 0 saturated carbocycles. The van der Waals surface area contributed by atoms with Crippen LogP contribution in [0, 0.1) is 0 Å². The van der Waals surface area contributed by atoms with Crippen LogP contribution >= 0.6 is 0 Å². The summed E-state index contributed by atoms with van der Waals surface area (Å²) >= 11 is 0. The first-order valence-electron chi connectivity index (χ1n) is 11.9. The third kappa shape index (κ3) is 4.55. The van der Waals surface area contributed by atoms with Crippen LogP contribution in [0.5, 0.6) is 0 Å². The Kier molecular flexibility index (Phi) is 5.87. The summed E-state index contributed by atoms with van der Waals surface area (Å²) in [5.74, 6) is 0. The van der Waals surface area contributed by atoms with Crippen LogP contribution in [-0.4, -0.2) is 15.0 Å². The molecule has 36 heavy (non-hydrogen) atoms. The van der Waals surface area contributed by atoms with Gasteiger partial charge in [-0.05, 0) is 64.7 Å². The fraction of sp³-hybridized carbons (Fsp3) is 0. The first-order valence-corrected chi connectivity index (χ1v) is 11.9. The normalized spacial score (nSPS) is 10.8. The number of rotatable bonds is 5. The summed E-state index contributed by atoms with van der Waals surface area (Å²) in [5.41, 5.74) is 10.7. The van der Waals surface area contributed by atoms with Gasteiger partial charge in [0.15, 0.2) is 0 Å². The molecule has 6 aromatic rings. The lowest BCUT2D eigenvalue weighted by atomic mass is 9.93. The molecule has 0 fully saturated rings. The summed E-state index contributed by atoms with van der Waals surface area (Å²) in [6, 6.07) is 39.8. The number of aromatic nitrogens is 3. The minimum atomic E-state index is 0.946. The summed E-state index contributed by atoms with van der Waals surface area (Å²) < 4.78 is 0. The van der Waals surface area contributed by atoms with Gasteiger partial charge < -0.3 is 0 Å². The highest BCUT2D eigenvalue weighted by Crippen LogP contribution is 2.35. The van der Waals surface area contributed by atoms with E-state index in [2.05, 4.69) is 101 Å². The molecule has 3 aromatic heterocycles. The maximum atomic E-state index is 5.04. The quantitative estimate of drug-likeness (QED) is 0.260. The number of hydrogen-bond donors (Lipinski definition) is 0. The minimum Gasteiger partial charge on any atom is -0.264 e. The molecule has 3 aromatic carbocycles. The lowest BCUT2D eigenvalue weighted by molar-refractivity contribution is 1.32. The van der Waals surface area contributed by atoms with Crippen molar-refractivity contribution < 1.29 is 0 Å². The highest BCUT2D eigenvalue weighted by atomic mass is 14.7. The molecule has 170 valence electrons. The zero-order valence-electron chi connectivity index (χ0n) is 19.6. The lowest BCUT2D eigenvalue weighted by Crippen LogP contribution is -1.92. The van der Waals surface area contributed by atoms with Crippen LogP contribution in [0.4, 0.5) is 0 Å². The van der Waals surface area contributed by atoms with Gasteiger partial charge in [-0.2, -0.15) is 0 Å². The number of hydrogen-bond acceptors (Lipinski definition) is 3. The molecule has 0 aliphatic heterocycles. The van der Waals surface area contributed by atoms with E-state index in [1.54, 1.807) is 12.4 Å². The van der Waals surface area contributed by atoms with Gasteiger partial charge >= 0.3 is 0 Å². The van der Waals surface area contributed by atoms with Crippen LogP contribution < -0.4 is 0 Å². The van der Waals surface area contributed by atoms with E-state index in [4.69, 9.17) is 4.98 Å². The van der Waals surface area contributed by atoms with Crippen molar-refractivity contribution in [3.05, 3.63) is 140 Å². The molecule has 0 atom stereocenters. The van der Waals surface area contributed by atoms with Crippen molar-refractivity contribution in [1.82, 2.24) is 15.0 Å². The van der Waals surface area contributed by atoms with E-state index >= 15 is 0 Å². The Bertz CT molecular complexity index is 1360. The van der Waals surface area contributed by atoms with Gasteiger partial charge in [0.25, 0.3) is 0 Å². The number of nitrogens with zero attached hydrogens (tertiary/aromatic N) is 3. The summed E-state index contributed by atoms with van der Waals surface area (Å²) in [6.07, 6.45) is 7.42. The summed E-state index contributed by atoms with van der Waals surface area (Å²) in [5, 5.41) is 0. The zero-order valence-corrected chi connectivity index (χ0v) is 19.6. The highest BCUT2D eigenvalue weighted by molar-refractivity contribution is 5.83. The van der Waals surface area contributed by atoms with Gasteiger partial charge in [-0.15, -0.1) is 0 Å². The molecule has 0 unspecified atom stereocenters. The maximum Gasteiger partial charge on any atom is 0.0715 e. The highest BCUT2D eigenvalue weighted by Gasteiger charge is 2.12. The van der Waals surface area contributed by atoms with Gasteiger partial charge in [0.1, 0.15) is 0 Å². The predicted molar refractivity (Wildman–Crippen MR) is 147 cm³/mol. The zero-order chi connectivity index (χ0) is 24.2. The molecular formula is C33H23N3. The molecule has 3 heteroatoms. The Morgan fingerprint density at radius 3 is 1.14 bits per heavy atom. The first kappa shape index (κ1) is 21.6. The minimum absolute atomic E-state index is 0.946. The lowest BCUT2D eigenvalue weighted by Gasteiger charge is -2.13. The second-order valence-corrected chi connectivity index (χ2v) is 8.64. The van der Waals surface area contributed by atoms with E-state index in [1.807, 2.05) is 36.7 Å². The van der Waals surface area contributed by atoms with Gasteiger partial charge in [-0.3, -0.25) is 9.97 Å². The fourth-order valence-corrected chi connectivity index (χ4v) is 4.41. The van der Waals surface area contributed by atoms with Gasteiger partial charge in [-0.1, -0.05) is 72.8 Å². The van der Waals surface area contributed by atoms with Crippen molar-refractivity contribution in [1.29, 1.82) is 0 Å². The molecule has 0 radical (unpaired) electrons. The smallest absolute Gasteiger partial charge is 0.0715 e. The second kappa shape index (κ2) is 9.77. The van der Waals surface area contributed by atoms with Crippen molar-refractivity contribution in [3.63, 3.8) is 0 Å². The summed E-state index contributed by atoms with van der Waals surface area (Å²) in [6.45, 7) is 0. The van der Waals surface area contributed by atoms with Crippen molar-refractivity contribution in [2.45, 2.75) is 0 Å². The Morgan fingerprint density at radius 2 is 0.722 bits per heavy atom. The molecule has 0 spiro atoms. The Hall–Kier alpha value is -4.89. The molecule has 0 N–H and O–H groups in total. The Balaban J connectivity index is 1.58. The average molecular weight is 462 g/mol. The number of benzene rings is 3. The van der Waals surface area contributed by atoms with Crippen LogP contribution in [-0.2, 0) is 0 Å². The first-order chi connectivity index (χ1) is 17.8. The largest absolute Gasteiger partial charge is 0.264 e. The van der Waals surface area contributed by atoms with Gasteiger partial charge in [0.2, 0.25) is 0 Å². The second-order valence-electron chi connectivity index (χ2n) is 8.64. The fourth-order valence-electron chi connectivity index (χ4n) is 4.41. The van der Waals surface area contributed by atoms with Crippen molar-refractivity contribution in [2.24, 2.45) is 0 Å². The molecule has 0 aliphatic carbocycles. The standard InChI is InChI=1S/C33H23N3/c1-3-9-24(10-4-1)32-20-31(21-33(36-32)25-11-5-2-6-12-25)30-18-28(26-13-7-15-34-22-26)17-29(19-30)27-14-8-16-35-23-27/h1-23H. The molecule has 6 rings (SSSR count). The Morgan fingerprint density at radius 1 is 0.333 bits per heavy atom. The van der Waals surface area contributed by atoms with Crippen molar-refractivity contribution >= 4 is 0 Å². The molecule has 0 saturated heterocycles. The van der Waals surface area contributed by atoms with E-state index in [9.17, 15) is 0 Å². The molecule has 3 nitrogen and oxygen atoms in total.